The average Bonchev–Trinajstić information content (AvgIpc) is 2.41. The number of nitrogens with two attached hydrogens (primary N) is 1. The minimum atomic E-state index is -0.860. The van der Waals surface area contributed by atoms with Crippen molar-refractivity contribution in [3.05, 3.63) is 59.4 Å². The number of carboxylic acid groups (broad SMARTS) is 1. The maximum absolute atomic E-state index is 13.3. The van der Waals surface area contributed by atoms with Gasteiger partial charge in [-0.2, -0.15) is 0 Å². The average molecular weight is 291 g/mol. The second kappa shape index (κ2) is 6.43. The second-order valence-corrected chi connectivity index (χ2v) is 5.36. The lowest BCUT2D eigenvalue weighted by atomic mass is 10.1. The number of carboxylic acids is 1. The van der Waals surface area contributed by atoms with Gasteiger partial charge in [-0.15, -0.1) is 11.8 Å². The minimum absolute atomic E-state index is 0.00711. The van der Waals surface area contributed by atoms with Crippen molar-refractivity contribution in [2.24, 2.45) is 0 Å². The van der Waals surface area contributed by atoms with Gasteiger partial charge in [0.15, 0.2) is 0 Å². The molecule has 0 atom stereocenters. The molecule has 20 heavy (non-hydrogen) atoms. The fourth-order valence-corrected chi connectivity index (χ4v) is 2.75. The number of benzene rings is 2. The SMILES string of the molecule is Nc1ccc(SCc2ccccc2CC(=O)O)cc1F. The van der Waals surface area contributed by atoms with Crippen LogP contribution in [-0.2, 0) is 17.0 Å². The van der Waals surface area contributed by atoms with Gasteiger partial charge in [-0.1, -0.05) is 24.3 Å². The standard InChI is InChI=1S/C15H14FNO2S/c16-13-8-12(5-6-14(13)17)20-9-11-4-2-1-3-10(11)7-15(18)19/h1-6,8H,7,9,17H2,(H,18,19). The van der Waals surface area contributed by atoms with Gasteiger partial charge in [-0.05, 0) is 29.3 Å². The van der Waals surface area contributed by atoms with E-state index in [-0.39, 0.29) is 12.1 Å². The molecule has 0 aromatic heterocycles. The molecule has 0 aliphatic heterocycles. The predicted octanol–water partition coefficient (Wildman–Crippen LogP) is 3.33. The van der Waals surface area contributed by atoms with Crippen molar-refractivity contribution >= 4 is 23.4 Å². The first kappa shape index (κ1) is 14.4. The zero-order chi connectivity index (χ0) is 14.5. The molecular formula is C15H14FNO2S. The molecule has 5 heteroatoms. The van der Waals surface area contributed by atoms with Crippen LogP contribution in [0.25, 0.3) is 0 Å². The van der Waals surface area contributed by atoms with E-state index in [1.54, 1.807) is 12.1 Å². The Morgan fingerprint density at radius 3 is 2.55 bits per heavy atom. The summed E-state index contributed by atoms with van der Waals surface area (Å²) in [4.78, 5) is 11.6. The van der Waals surface area contributed by atoms with Crippen LogP contribution in [0.5, 0.6) is 0 Å². The largest absolute Gasteiger partial charge is 0.481 e. The molecule has 0 spiro atoms. The van der Waals surface area contributed by atoms with Crippen molar-refractivity contribution in [2.45, 2.75) is 17.1 Å². The fraction of sp³-hybridized carbons (Fsp3) is 0.133. The fourth-order valence-electron chi connectivity index (χ4n) is 1.79. The Labute approximate surface area is 120 Å². The highest BCUT2D eigenvalue weighted by molar-refractivity contribution is 7.98. The molecule has 3 N–H and O–H groups in total. The summed E-state index contributed by atoms with van der Waals surface area (Å²) in [7, 11) is 0. The summed E-state index contributed by atoms with van der Waals surface area (Å²) in [6, 6.07) is 12.0. The molecule has 0 aliphatic rings. The van der Waals surface area contributed by atoms with Crippen LogP contribution in [0.2, 0.25) is 0 Å². The van der Waals surface area contributed by atoms with Crippen LogP contribution in [0, 0.1) is 5.82 Å². The smallest absolute Gasteiger partial charge is 0.307 e. The van der Waals surface area contributed by atoms with Crippen LogP contribution in [0.15, 0.2) is 47.4 Å². The lowest BCUT2D eigenvalue weighted by molar-refractivity contribution is -0.136. The van der Waals surface area contributed by atoms with Crippen LogP contribution >= 0.6 is 11.8 Å². The summed E-state index contributed by atoms with van der Waals surface area (Å²) in [5.74, 6) is -0.706. The topological polar surface area (TPSA) is 63.3 Å². The van der Waals surface area contributed by atoms with Gasteiger partial charge < -0.3 is 10.8 Å². The zero-order valence-corrected chi connectivity index (χ0v) is 11.5. The van der Waals surface area contributed by atoms with E-state index in [1.165, 1.54) is 23.9 Å². The highest BCUT2D eigenvalue weighted by atomic mass is 32.2. The van der Waals surface area contributed by atoms with Gasteiger partial charge >= 0.3 is 5.97 Å². The van der Waals surface area contributed by atoms with Crippen LogP contribution in [0.4, 0.5) is 10.1 Å². The molecule has 0 saturated carbocycles. The van der Waals surface area contributed by atoms with Crippen LogP contribution < -0.4 is 5.73 Å². The first-order chi connectivity index (χ1) is 9.56. The maximum atomic E-state index is 13.3. The van der Waals surface area contributed by atoms with Crippen molar-refractivity contribution in [3.63, 3.8) is 0 Å². The monoisotopic (exact) mass is 291 g/mol. The van der Waals surface area contributed by atoms with E-state index in [1.807, 2.05) is 18.2 Å². The molecule has 0 bridgehead atoms. The molecule has 0 saturated heterocycles. The lowest BCUT2D eigenvalue weighted by Gasteiger charge is -2.08. The van der Waals surface area contributed by atoms with Crippen LogP contribution in [0.3, 0.4) is 0 Å². The van der Waals surface area contributed by atoms with Crippen molar-refractivity contribution in [2.75, 3.05) is 5.73 Å². The third-order valence-electron chi connectivity index (χ3n) is 2.83. The second-order valence-electron chi connectivity index (χ2n) is 4.31. The number of hydrogen-bond donors (Lipinski definition) is 2. The lowest BCUT2D eigenvalue weighted by Crippen LogP contribution is -2.02. The summed E-state index contributed by atoms with van der Waals surface area (Å²) >= 11 is 1.45. The summed E-state index contributed by atoms with van der Waals surface area (Å²) in [6.45, 7) is 0. The van der Waals surface area contributed by atoms with Gasteiger partial charge in [-0.25, -0.2) is 4.39 Å². The number of nitrogen functional groups attached to an aromatic ring is 1. The Hall–Kier alpha value is -2.01. The Morgan fingerprint density at radius 1 is 1.20 bits per heavy atom. The van der Waals surface area contributed by atoms with Crippen molar-refractivity contribution in [3.8, 4) is 0 Å². The molecule has 3 nitrogen and oxygen atoms in total. The molecule has 0 radical (unpaired) electrons. The summed E-state index contributed by atoms with van der Waals surface area (Å²) in [6.07, 6.45) is -0.00711. The number of anilines is 1. The molecule has 0 aliphatic carbocycles. The quantitative estimate of drug-likeness (QED) is 0.655. The molecule has 104 valence electrons. The number of aliphatic carboxylic acids is 1. The number of thioether (sulfide) groups is 1. The van der Waals surface area contributed by atoms with Crippen molar-refractivity contribution < 1.29 is 14.3 Å². The Kier molecular flexibility index (Phi) is 4.63. The first-order valence-corrected chi connectivity index (χ1v) is 7.01. The molecule has 2 aromatic carbocycles. The van der Waals surface area contributed by atoms with E-state index in [9.17, 15) is 9.18 Å². The Morgan fingerprint density at radius 2 is 1.90 bits per heavy atom. The third-order valence-corrected chi connectivity index (χ3v) is 3.87. The van der Waals surface area contributed by atoms with Gasteiger partial charge in [0.2, 0.25) is 0 Å². The highest BCUT2D eigenvalue weighted by Crippen LogP contribution is 2.26. The molecule has 0 fully saturated rings. The van der Waals surface area contributed by atoms with Crippen molar-refractivity contribution in [1.82, 2.24) is 0 Å². The number of rotatable bonds is 5. The summed E-state index contributed by atoms with van der Waals surface area (Å²) < 4.78 is 13.3. The van der Waals surface area contributed by atoms with E-state index in [0.717, 1.165) is 16.0 Å². The summed E-state index contributed by atoms with van der Waals surface area (Å²) in [5.41, 5.74) is 7.27. The van der Waals surface area contributed by atoms with E-state index < -0.39 is 11.8 Å². The Balaban J connectivity index is 2.10. The predicted molar refractivity (Wildman–Crippen MR) is 78.2 cm³/mol. The molecule has 2 aromatic rings. The van der Waals surface area contributed by atoms with E-state index >= 15 is 0 Å². The van der Waals surface area contributed by atoms with Crippen molar-refractivity contribution in [1.29, 1.82) is 0 Å². The van der Waals surface area contributed by atoms with E-state index in [4.69, 9.17) is 10.8 Å². The van der Waals surface area contributed by atoms with Gasteiger partial charge in [-0.3, -0.25) is 4.79 Å². The molecule has 2 rings (SSSR count). The van der Waals surface area contributed by atoms with Gasteiger partial charge in [0.25, 0.3) is 0 Å². The van der Waals surface area contributed by atoms with E-state index in [2.05, 4.69) is 0 Å². The van der Waals surface area contributed by atoms with E-state index in [0.29, 0.717) is 5.75 Å². The number of halogens is 1. The molecule has 0 heterocycles. The normalized spacial score (nSPS) is 10.4. The molecular weight excluding hydrogens is 277 g/mol. The molecule has 0 unspecified atom stereocenters. The number of carbonyl (C=O) groups is 1. The van der Waals surface area contributed by atoms with Crippen LogP contribution in [-0.4, -0.2) is 11.1 Å². The van der Waals surface area contributed by atoms with Crippen LogP contribution in [0.1, 0.15) is 11.1 Å². The zero-order valence-electron chi connectivity index (χ0n) is 10.7. The van der Waals surface area contributed by atoms with Gasteiger partial charge in [0.05, 0.1) is 12.1 Å². The first-order valence-electron chi connectivity index (χ1n) is 6.02. The highest BCUT2D eigenvalue weighted by Gasteiger charge is 2.07. The third kappa shape index (κ3) is 3.74. The maximum Gasteiger partial charge on any atom is 0.307 e. The van der Waals surface area contributed by atoms with Gasteiger partial charge in [0, 0.05) is 10.6 Å². The number of hydrogen-bond acceptors (Lipinski definition) is 3. The summed E-state index contributed by atoms with van der Waals surface area (Å²) in [5, 5.41) is 8.87. The minimum Gasteiger partial charge on any atom is -0.481 e. The van der Waals surface area contributed by atoms with Gasteiger partial charge in [0.1, 0.15) is 5.82 Å². The Bertz CT molecular complexity index is 631. The molecule has 0 amide bonds.